The summed E-state index contributed by atoms with van der Waals surface area (Å²) in [7, 11) is 4.16. The van der Waals surface area contributed by atoms with Crippen LogP contribution in [0.2, 0.25) is 0 Å². The van der Waals surface area contributed by atoms with Crippen LogP contribution < -0.4 is 5.32 Å². The van der Waals surface area contributed by atoms with E-state index < -0.39 is 0 Å². The standard InChI is InChI=1S/C8H18N2O/c1-10(2)8-3-4-9-5-7(8)6-11/h7-9,11H,3-6H2,1-2H3/t7-,8+/m0/s1. The first-order valence-electron chi connectivity index (χ1n) is 4.23. The zero-order valence-corrected chi connectivity index (χ0v) is 7.38. The van der Waals surface area contributed by atoms with E-state index >= 15 is 0 Å². The minimum Gasteiger partial charge on any atom is -0.396 e. The molecule has 0 spiro atoms. The molecule has 0 radical (unpaired) electrons. The third-order valence-corrected chi connectivity index (χ3v) is 2.47. The number of nitrogens with zero attached hydrogens (tertiary/aromatic N) is 1. The number of aliphatic hydroxyl groups is 1. The molecule has 0 unspecified atom stereocenters. The summed E-state index contributed by atoms with van der Waals surface area (Å²) in [5.41, 5.74) is 0. The fourth-order valence-corrected chi connectivity index (χ4v) is 1.78. The van der Waals surface area contributed by atoms with Crippen LogP contribution >= 0.6 is 0 Å². The number of hydrogen-bond acceptors (Lipinski definition) is 3. The average Bonchev–Trinajstić information content (AvgIpc) is 2.04. The highest BCUT2D eigenvalue weighted by atomic mass is 16.3. The second-order valence-electron chi connectivity index (χ2n) is 3.47. The third kappa shape index (κ3) is 2.15. The van der Waals surface area contributed by atoms with Crippen LogP contribution in [0.3, 0.4) is 0 Å². The molecule has 0 bridgehead atoms. The molecule has 1 saturated heterocycles. The van der Waals surface area contributed by atoms with Gasteiger partial charge in [-0.2, -0.15) is 0 Å². The fraction of sp³-hybridized carbons (Fsp3) is 1.00. The van der Waals surface area contributed by atoms with Crippen LogP contribution in [0, 0.1) is 5.92 Å². The lowest BCUT2D eigenvalue weighted by atomic mass is 9.93. The van der Waals surface area contributed by atoms with E-state index in [-0.39, 0.29) is 0 Å². The Morgan fingerprint density at radius 1 is 1.55 bits per heavy atom. The van der Waals surface area contributed by atoms with Crippen molar-refractivity contribution in [1.29, 1.82) is 0 Å². The number of aliphatic hydroxyl groups excluding tert-OH is 1. The first-order chi connectivity index (χ1) is 5.25. The van der Waals surface area contributed by atoms with Gasteiger partial charge >= 0.3 is 0 Å². The summed E-state index contributed by atoms with van der Waals surface area (Å²) in [5, 5.41) is 12.3. The molecule has 0 aliphatic carbocycles. The van der Waals surface area contributed by atoms with Crippen molar-refractivity contribution in [2.24, 2.45) is 5.92 Å². The first-order valence-corrected chi connectivity index (χ1v) is 4.23. The van der Waals surface area contributed by atoms with Crippen molar-refractivity contribution < 1.29 is 5.11 Å². The summed E-state index contributed by atoms with van der Waals surface area (Å²) in [6, 6.07) is 0.557. The van der Waals surface area contributed by atoms with Crippen LogP contribution in [0.15, 0.2) is 0 Å². The molecule has 1 aliphatic heterocycles. The Kier molecular flexibility index (Phi) is 3.30. The molecule has 0 saturated carbocycles. The molecular weight excluding hydrogens is 140 g/mol. The molecule has 1 aliphatic rings. The van der Waals surface area contributed by atoms with E-state index in [9.17, 15) is 0 Å². The third-order valence-electron chi connectivity index (χ3n) is 2.47. The molecule has 1 rings (SSSR count). The van der Waals surface area contributed by atoms with Gasteiger partial charge in [-0.15, -0.1) is 0 Å². The average molecular weight is 158 g/mol. The first kappa shape index (κ1) is 8.97. The predicted octanol–water partition coefficient (Wildman–Crippen LogP) is -0.482. The normalized spacial score (nSPS) is 32.7. The monoisotopic (exact) mass is 158 g/mol. The van der Waals surface area contributed by atoms with Crippen LogP contribution in [0.4, 0.5) is 0 Å². The van der Waals surface area contributed by atoms with Gasteiger partial charge in [0, 0.05) is 25.1 Å². The van der Waals surface area contributed by atoms with Crippen LogP contribution in [-0.2, 0) is 0 Å². The molecule has 0 amide bonds. The Labute approximate surface area is 68.4 Å². The highest BCUT2D eigenvalue weighted by molar-refractivity contribution is 4.82. The Hall–Kier alpha value is -0.120. The van der Waals surface area contributed by atoms with Gasteiger partial charge in [0.25, 0.3) is 0 Å². The largest absolute Gasteiger partial charge is 0.396 e. The SMILES string of the molecule is CN(C)[C@@H]1CCNC[C@H]1CO. The molecule has 66 valence electrons. The molecular formula is C8H18N2O. The Balaban J connectivity index is 2.44. The number of nitrogens with one attached hydrogen (secondary N) is 1. The van der Waals surface area contributed by atoms with Crippen molar-refractivity contribution in [2.75, 3.05) is 33.8 Å². The van der Waals surface area contributed by atoms with Crippen molar-refractivity contribution in [3.8, 4) is 0 Å². The van der Waals surface area contributed by atoms with Gasteiger partial charge in [-0.3, -0.25) is 0 Å². The molecule has 0 aromatic heterocycles. The lowest BCUT2D eigenvalue weighted by Gasteiger charge is -2.35. The van der Waals surface area contributed by atoms with Gasteiger partial charge in [0.2, 0.25) is 0 Å². The maximum Gasteiger partial charge on any atom is 0.0486 e. The Morgan fingerprint density at radius 3 is 2.73 bits per heavy atom. The van der Waals surface area contributed by atoms with Gasteiger partial charge in [-0.05, 0) is 27.1 Å². The fourth-order valence-electron chi connectivity index (χ4n) is 1.78. The van der Waals surface area contributed by atoms with E-state index in [0.29, 0.717) is 18.6 Å². The second kappa shape index (κ2) is 4.04. The zero-order valence-electron chi connectivity index (χ0n) is 7.38. The van der Waals surface area contributed by atoms with E-state index in [2.05, 4.69) is 24.3 Å². The second-order valence-corrected chi connectivity index (χ2v) is 3.47. The van der Waals surface area contributed by atoms with E-state index in [0.717, 1.165) is 19.5 Å². The minimum absolute atomic E-state index is 0.301. The quantitative estimate of drug-likeness (QED) is 0.570. The van der Waals surface area contributed by atoms with E-state index in [4.69, 9.17) is 5.11 Å². The van der Waals surface area contributed by atoms with Crippen molar-refractivity contribution in [3.05, 3.63) is 0 Å². The maximum atomic E-state index is 9.04. The van der Waals surface area contributed by atoms with Crippen molar-refractivity contribution in [2.45, 2.75) is 12.5 Å². The van der Waals surface area contributed by atoms with E-state index in [1.54, 1.807) is 0 Å². The van der Waals surface area contributed by atoms with Gasteiger partial charge in [0.15, 0.2) is 0 Å². The number of rotatable bonds is 2. The Bertz CT molecular complexity index is 117. The zero-order chi connectivity index (χ0) is 8.27. The summed E-state index contributed by atoms with van der Waals surface area (Å²) in [5.74, 6) is 0.416. The maximum absolute atomic E-state index is 9.04. The molecule has 1 heterocycles. The summed E-state index contributed by atoms with van der Waals surface area (Å²) in [6.07, 6.45) is 1.15. The highest BCUT2D eigenvalue weighted by Gasteiger charge is 2.25. The van der Waals surface area contributed by atoms with Gasteiger partial charge in [-0.25, -0.2) is 0 Å². The highest BCUT2D eigenvalue weighted by Crippen LogP contribution is 2.14. The summed E-state index contributed by atoms with van der Waals surface area (Å²) < 4.78 is 0. The molecule has 2 N–H and O–H groups in total. The van der Waals surface area contributed by atoms with E-state index in [1.807, 2.05) is 0 Å². The van der Waals surface area contributed by atoms with Gasteiger partial charge in [0.05, 0.1) is 0 Å². The van der Waals surface area contributed by atoms with Gasteiger partial charge in [-0.1, -0.05) is 0 Å². The van der Waals surface area contributed by atoms with Gasteiger partial charge < -0.3 is 15.3 Å². The summed E-state index contributed by atoms with van der Waals surface area (Å²) >= 11 is 0. The van der Waals surface area contributed by atoms with Gasteiger partial charge in [0.1, 0.15) is 0 Å². The van der Waals surface area contributed by atoms with E-state index in [1.165, 1.54) is 0 Å². The molecule has 1 fully saturated rings. The molecule has 11 heavy (non-hydrogen) atoms. The minimum atomic E-state index is 0.301. The molecule has 0 aromatic carbocycles. The van der Waals surface area contributed by atoms with Crippen LogP contribution in [-0.4, -0.2) is 49.8 Å². The van der Waals surface area contributed by atoms with Crippen molar-refractivity contribution in [3.63, 3.8) is 0 Å². The van der Waals surface area contributed by atoms with Crippen LogP contribution in [0.25, 0.3) is 0 Å². The summed E-state index contributed by atoms with van der Waals surface area (Å²) in [6.45, 7) is 2.34. The number of piperidine rings is 1. The van der Waals surface area contributed by atoms with Crippen molar-refractivity contribution >= 4 is 0 Å². The number of hydrogen-bond donors (Lipinski definition) is 2. The molecule has 3 nitrogen and oxygen atoms in total. The Morgan fingerprint density at radius 2 is 2.27 bits per heavy atom. The topological polar surface area (TPSA) is 35.5 Å². The van der Waals surface area contributed by atoms with Crippen LogP contribution in [0.1, 0.15) is 6.42 Å². The smallest absolute Gasteiger partial charge is 0.0486 e. The lowest BCUT2D eigenvalue weighted by molar-refractivity contribution is 0.107. The van der Waals surface area contributed by atoms with Crippen molar-refractivity contribution in [1.82, 2.24) is 10.2 Å². The molecule has 0 aromatic rings. The van der Waals surface area contributed by atoms with Crippen LogP contribution in [0.5, 0.6) is 0 Å². The lowest BCUT2D eigenvalue weighted by Crippen LogP contribution is -2.48. The molecule has 2 atom stereocenters. The predicted molar refractivity (Wildman–Crippen MR) is 45.5 cm³/mol. The molecule has 3 heteroatoms. The summed E-state index contributed by atoms with van der Waals surface area (Å²) in [4.78, 5) is 2.21.